The van der Waals surface area contributed by atoms with Crippen molar-refractivity contribution in [1.82, 2.24) is 50.3 Å². The van der Waals surface area contributed by atoms with Crippen molar-refractivity contribution in [2.45, 2.75) is 62.7 Å². The number of carbonyl (C=O) groups is 4. The maximum Gasteiger partial charge on any atom is 0.407 e. The van der Waals surface area contributed by atoms with Gasteiger partial charge in [0.15, 0.2) is 10.0 Å². The Morgan fingerprint density at radius 3 is 1.52 bits per heavy atom. The number of hydrogen-bond acceptors (Lipinski definition) is 14. The maximum atomic E-state index is 13.5. The van der Waals surface area contributed by atoms with E-state index in [-0.39, 0.29) is 23.9 Å². The van der Waals surface area contributed by atoms with Gasteiger partial charge < -0.3 is 49.3 Å². The minimum absolute atomic E-state index is 0.212. The van der Waals surface area contributed by atoms with Gasteiger partial charge in [-0.3, -0.25) is 9.59 Å². The van der Waals surface area contributed by atoms with E-state index < -0.39 is 24.3 Å². The van der Waals surface area contributed by atoms with Gasteiger partial charge in [0, 0.05) is 65.8 Å². The minimum atomic E-state index is -0.782. The van der Waals surface area contributed by atoms with Gasteiger partial charge >= 0.3 is 12.2 Å². The third-order valence-corrected chi connectivity index (χ3v) is 11.6. The number of imidazole rings is 2. The number of aromatic amines is 2. The molecule has 6 rings (SSSR count). The monoisotopic (exact) mass is 784 g/mol. The van der Waals surface area contributed by atoms with E-state index in [1.165, 1.54) is 36.9 Å². The van der Waals surface area contributed by atoms with Gasteiger partial charge in [-0.25, -0.2) is 29.5 Å². The van der Waals surface area contributed by atoms with Gasteiger partial charge in [0.25, 0.3) is 0 Å². The van der Waals surface area contributed by atoms with E-state index in [1.807, 2.05) is 0 Å². The Morgan fingerprint density at radius 2 is 1.13 bits per heavy atom. The van der Waals surface area contributed by atoms with Gasteiger partial charge in [-0.05, 0) is 25.7 Å². The molecule has 2 fully saturated rings. The molecule has 0 radical (unpaired) electrons. The second kappa shape index (κ2) is 17.9. The van der Waals surface area contributed by atoms with Crippen molar-refractivity contribution in [2.75, 3.05) is 54.7 Å². The molecule has 290 valence electrons. The van der Waals surface area contributed by atoms with Crippen LogP contribution < -0.4 is 10.6 Å². The van der Waals surface area contributed by atoms with E-state index in [1.54, 1.807) is 48.8 Å². The van der Waals surface area contributed by atoms with Crippen LogP contribution in [0.5, 0.6) is 0 Å². The highest BCUT2D eigenvalue weighted by Crippen LogP contribution is 2.39. The molecule has 4 aromatic rings. The molecule has 2 aliphatic rings. The average Bonchev–Trinajstić information content (AvgIpc) is 4.03. The van der Waals surface area contributed by atoms with Crippen LogP contribution in [-0.4, -0.2) is 131 Å². The largest absolute Gasteiger partial charge is 0.453 e. The first-order valence-electron chi connectivity index (χ1n) is 17.5. The second-order valence-electron chi connectivity index (χ2n) is 12.7. The Kier molecular flexibility index (Phi) is 12.9. The third kappa shape index (κ3) is 8.72. The molecule has 4 amide bonds. The molecule has 0 aromatic carbocycles. The predicted octanol–water partition coefficient (Wildman–Crippen LogP) is 3.90. The summed E-state index contributed by atoms with van der Waals surface area (Å²) in [5, 5.41) is 6.74. The number of alkyl carbamates (subject to hydrolysis) is 2. The number of aromatic nitrogens is 6. The fourth-order valence-electron chi connectivity index (χ4n) is 6.68. The summed E-state index contributed by atoms with van der Waals surface area (Å²) < 4.78 is 19.8. The van der Waals surface area contributed by atoms with Crippen LogP contribution in [0.2, 0.25) is 0 Å². The lowest BCUT2D eigenvalue weighted by atomic mass is 10.1. The molecule has 54 heavy (non-hydrogen) atoms. The first kappa shape index (κ1) is 38.8. The number of thiazole rings is 2. The topological polar surface area (TPSA) is 219 Å². The smallest absolute Gasteiger partial charge is 0.407 e. The fourth-order valence-corrected chi connectivity index (χ4v) is 8.47. The third-order valence-electron chi connectivity index (χ3n) is 9.39. The van der Waals surface area contributed by atoms with Crippen LogP contribution in [0.3, 0.4) is 0 Å². The maximum absolute atomic E-state index is 13.5. The van der Waals surface area contributed by atoms with Crippen molar-refractivity contribution in [2.24, 2.45) is 0 Å². The molecule has 4 atom stereocenters. The standard InChI is InChI=1S/C34H44N10O8S2/c1-49-13-9-19(41-33(47)51-3)31(45)43-11-5-7-23(43)27-35-15-21(39-27)25-17-37-29(53-25)30-38-18-26(54-30)22-16-36-28(40-22)24-8-6-12-44(24)32(46)20(10-14-50-2)42-34(48)52-4/h15-20,23-24H,5-14H2,1-4H3,(H,35,39)(H,36,40)(H,41,47)(H,42,48)/t19-,20-,23-,24-/m0/s1. The number of hydrogen-bond donors (Lipinski definition) is 4. The molecule has 20 heteroatoms. The van der Waals surface area contributed by atoms with Gasteiger partial charge in [0.2, 0.25) is 11.8 Å². The predicted molar refractivity (Wildman–Crippen MR) is 197 cm³/mol. The SMILES string of the molecule is COCC[C@H](NC(=O)OC)C(=O)N1CCC[C@H]1c1ncc(-c2cnc(-c3ncc(-c4cnc([C@@H]5CCCN5C(=O)[C@H](CCOC)NC(=O)OC)[nH]4)s3)s2)[nH]1. The van der Waals surface area contributed by atoms with Crippen LogP contribution in [0, 0.1) is 0 Å². The van der Waals surface area contributed by atoms with E-state index >= 15 is 0 Å². The average molecular weight is 785 g/mol. The van der Waals surface area contributed by atoms with E-state index in [4.69, 9.17) is 18.9 Å². The molecule has 4 aromatic heterocycles. The summed E-state index contributed by atoms with van der Waals surface area (Å²) in [5.74, 6) is 0.897. The summed E-state index contributed by atoms with van der Waals surface area (Å²) >= 11 is 2.94. The molecule has 4 N–H and O–H groups in total. The highest BCUT2D eigenvalue weighted by molar-refractivity contribution is 7.24. The highest BCUT2D eigenvalue weighted by atomic mass is 32.1. The van der Waals surface area contributed by atoms with Gasteiger partial charge in [-0.1, -0.05) is 0 Å². The summed E-state index contributed by atoms with van der Waals surface area (Å²) in [6.45, 7) is 1.69. The molecule has 0 spiro atoms. The number of likely N-dealkylation sites (tertiary alicyclic amines) is 2. The Balaban J connectivity index is 1.12. The molecule has 0 unspecified atom stereocenters. The normalized spacial score (nSPS) is 18.1. The van der Waals surface area contributed by atoms with Gasteiger partial charge in [0.1, 0.15) is 23.7 Å². The Hall–Kier alpha value is -4.92. The Bertz CT molecular complexity index is 1770. The molecule has 0 aliphatic carbocycles. The number of nitrogens with one attached hydrogen (secondary N) is 4. The van der Waals surface area contributed by atoms with Gasteiger partial charge in [0.05, 0.1) is 59.8 Å². The van der Waals surface area contributed by atoms with Crippen LogP contribution in [0.4, 0.5) is 9.59 Å². The van der Waals surface area contributed by atoms with Crippen molar-refractivity contribution in [3.63, 3.8) is 0 Å². The molecule has 0 bridgehead atoms. The number of amides is 4. The van der Waals surface area contributed by atoms with E-state index in [9.17, 15) is 19.2 Å². The molecule has 2 saturated heterocycles. The van der Waals surface area contributed by atoms with Crippen molar-refractivity contribution < 1.29 is 38.1 Å². The van der Waals surface area contributed by atoms with Crippen molar-refractivity contribution in [1.29, 1.82) is 0 Å². The molecule has 2 aliphatic heterocycles. The minimum Gasteiger partial charge on any atom is -0.453 e. The zero-order chi connectivity index (χ0) is 38.2. The number of H-pyrrole nitrogens is 2. The molecular formula is C34H44N10O8S2. The van der Waals surface area contributed by atoms with E-state index in [2.05, 4.69) is 40.5 Å². The first-order valence-corrected chi connectivity index (χ1v) is 19.2. The molecule has 0 saturated carbocycles. The zero-order valence-corrected chi connectivity index (χ0v) is 32.1. The van der Waals surface area contributed by atoms with Crippen LogP contribution in [0.1, 0.15) is 62.3 Å². The molecule has 6 heterocycles. The van der Waals surface area contributed by atoms with Crippen LogP contribution in [0.15, 0.2) is 24.8 Å². The Morgan fingerprint density at radius 1 is 0.704 bits per heavy atom. The number of methoxy groups -OCH3 is 4. The summed E-state index contributed by atoms with van der Waals surface area (Å²) in [4.78, 5) is 81.5. The molecular weight excluding hydrogens is 741 g/mol. The number of carbonyl (C=O) groups excluding carboxylic acids is 4. The van der Waals surface area contributed by atoms with E-state index in [0.29, 0.717) is 50.8 Å². The van der Waals surface area contributed by atoms with Gasteiger partial charge in [-0.15, -0.1) is 22.7 Å². The Labute approximate surface area is 319 Å². The summed E-state index contributed by atoms with van der Waals surface area (Å²) in [6.07, 6.45) is 9.37. The summed E-state index contributed by atoms with van der Waals surface area (Å²) in [7, 11) is 5.61. The lowest BCUT2D eigenvalue weighted by Gasteiger charge is -2.28. The van der Waals surface area contributed by atoms with Crippen LogP contribution in [-0.2, 0) is 28.5 Å². The second-order valence-corrected chi connectivity index (χ2v) is 14.8. The first-order chi connectivity index (χ1) is 26.2. The lowest BCUT2D eigenvalue weighted by Crippen LogP contribution is -2.49. The van der Waals surface area contributed by atoms with Crippen molar-refractivity contribution in [3.05, 3.63) is 36.4 Å². The highest BCUT2D eigenvalue weighted by Gasteiger charge is 2.38. The lowest BCUT2D eigenvalue weighted by molar-refractivity contribution is -0.135. The summed E-state index contributed by atoms with van der Waals surface area (Å²) in [5.41, 5.74) is 1.54. The number of nitrogens with zero attached hydrogens (tertiary/aromatic N) is 6. The van der Waals surface area contributed by atoms with Crippen LogP contribution >= 0.6 is 22.7 Å². The van der Waals surface area contributed by atoms with E-state index in [0.717, 1.165) is 56.8 Å². The van der Waals surface area contributed by atoms with Crippen molar-refractivity contribution >= 4 is 46.7 Å². The number of rotatable bonds is 15. The van der Waals surface area contributed by atoms with Crippen molar-refractivity contribution in [3.8, 4) is 31.2 Å². The number of ether oxygens (including phenoxy) is 4. The summed E-state index contributed by atoms with van der Waals surface area (Å²) in [6, 6.07) is -2.11. The van der Waals surface area contributed by atoms with Crippen LogP contribution in [0.25, 0.3) is 31.2 Å². The molecule has 18 nitrogen and oxygen atoms in total. The zero-order valence-electron chi connectivity index (χ0n) is 30.5. The van der Waals surface area contributed by atoms with Gasteiger partial charge in [-0.2, -0.15) is 0 Å². The quantitative estimate of drug-likeness (QED) is 0.135. The fraction of sp³-hybridized carbons (Fsp3) is 0.529.